The monoisotopic (exact) mass is 443 g/mol. The number of anilines is 1. The number of carbonyl (C=O) groups is 1. The second-order valence-corrected chi connectivity index (χ2v) is 8.31. The van der Waals surface area contributed by atoms with Crippen LogP contribution in [0.3, 0.4) is 0 Å². The van der Waals surface area contributed by atoms with Crippen molar-refractivity contribution in [2.75, 3.05) is 12.5 Å². The topological polar surface area (TPSA) is 104 Å². The van der Waals surface area contributed by atoms with Crippen LogP contribution in [0.25, 0.3) is 27.9 Å². The van der Waals surface area contributed by atoms with Crippen molar-refractivity contribution in [3.8, 4) is 17.2 Å². The largest absolute Gasteiger partial charge is 0.454 e. The van der Waals surface area contributed by atoms with Gasteiger partial charge in [-0.1, -0.05) is 18.2 Å². The zero-order valence-corrected chi connectivity index (χ0v) is 17.6. The molecular formula is C23H17N5O3S. The van der Waals surface area contributed by atoms with Gasteiger partial charge in [0.15, 0.2) is 17.1 Å². The summed E-state index contributed by atoms with van der Waals surface area (Å²) in [4.78, 5) is 23.8. The Balaban J connectivity index is 1.54. The summed E-state index contributed by atoms with van der Waals surface area (Å²) in [6.07, 6.45) is 0. The van der Waals surface area contributed by atoms with Crippen LogP contribution in [0.2, 0.25) is 0 Å². The molecule has 0 spiro atoms. The molecule has 0 saturated heterocycles. The molecule has 0 fully saturated rings. The number of nitrogens with two attached hydrogens (primary N) is 1. The second-order valence-electron chi connectivity index (χ2n) is 7.28. The van der Waals surface area contributed by atoms with E-state index in [1.807, 2.05) is 60.0 Å². The Hall–Kier alpha value is -4.11. The lowest BCUT2D eigenvalue weighted by molar-refractivity contribution is 0.0953. The van der Waals surface area contributed by atoms with Crippen molar-refractivity contribution >= 4 is 45.3 Å². The summed E-state index contributed by atoms with van der Waals surface area (Å²) in [5.41, 5.74) is 9.92. The van der Waals surface area contributed by atoms with Crippen LogP contribution in [0.5, 0.6) is 11.5 Å². The van der Waals surface area contributed by atoms with E-state index in [-0.39, 0.29) is 18.5 Å². The van der Waals surface area contributed by atoms with Gasteiger partial charge in [0.2, 0.25) is 6.79 Å². The summed E-state index contributed by atoms with van der Waals surface area (Å²) in [5.74, 6) is 1.23. The molecule has 1 aliphatic heterocycles. The highest BCUT2D eigenvalue weighted by molar-refractivity contribution is 7.09. The zero-order chi connectivity index (χ0) is 21.7. The van der Waals surface area contributed by atoms with Crippen molar-refractivity contribution in [3.05, 3.63) is 70.4 Å². The molecule has 0 atom stereocenters. The number of nitrogens with one attached hydrogen (secondary N) is 1. The maximum Gasteiger partial charge on any atom is 0.257 e. The van der Waals surface area contributed by atoms with E-state index < -0.39 is 0 Å². The zero-order valence-electron chi connectivity index (χ0n) is 16.7. The minimum atomic E-state index is -0.301. The molecule has 6 rings (SSSR count). The van der Waals surface area contributed by atoms with Crippen molar-refractivity contribution in [1.29, 1.82) is 0 Å². The number of hydrogen-bond donors (Lipinski definition) is 2. The molecule has 32 heavy (non-hydrogen) atoms. The third kappa shape index (κ3) is 2.94. The number of benzene rings is 2. The minimum Gasteiger partial charge on any atom is -0.454 e. The fourth-order valence-corrected chi connectivity index (χ4v) is 4.48. The van der Waals surface area contributed by atoms with Crippen molar-refractivity contribution in [3.63, 3.8) is 0 Å². The molecule has 4 heterocycles. The van der Waals surface area contributed by atoms with Gasteiger partial charge in [0.1, 0.15) is 16.9 Å². The molecule has 5 aromatic rings. The number of ether oxygens (including phenoxy) is 2. The van der Waals surface area contributed by atoms with E-state index in [4.69, 9.17) is 25.2 Å². The van der Waals surface area contributed by atoms with Crippen LogP contribution in [0.15, 0.2) is 60.0 Å². The second kappa shape index (κ2) is 7.24. The molecule has 158 valence electrons. The van der Waals surface area contributed by atoms with Crippen LogP contribution in [0.1, 0.15) is 15.2 Å². The van der Waals surface area contributed by atoms with Gasteiger partial charge in [0, 0.05) is 10.9 Å². The van der Waals surface area contributed by atoms with Crippen molar-refractivity contribution in [2.45, 2.75) is 6.54 Å². The SMILES string of the molecule is Nc1c(C(=O)NCc2cccs2)c2nc3ccccc3nc2n1-c1ccc2c(c1)OCO2. The van der Waals surface area contributed by atoms with Crippen molar-refractivity contribution < 1.29 is 14.3 Å². The maximum atomic E-state index is 13.2. The molecule has 0 bridgehead atoms. The normalized spacial score (nSPS) is 12.5. The first-order chi connectivity index (χ1) is 15.7. The van der Waals surface area contributed by atoms with E-state index in [0.29, 0.717) is 51.5 Å². The van der Waals surface area contributed by atoms with Crippen LogP contribution < -0.4 is 20.5 Å². The molecule has 1 amide bonds. The Morgan fingerprint density at radius 2 is 1.88 bits per heavy atom. The third-order valence-corrected chi connectivity index (χ3v) is 6.22. The molecule has 3 N–H and O–H groups in total. The van der Waals surface area contributed by atoms with E-state index in [9.17, 15) is 4.79 Å². The molecule has 0 saturated carbocycles. The first-order valence-electron chi connectivity index (χ1n) is 9.96. The Kier molecular flexibility index (Phi) is 4.22. The quantitative estimate of drug-likeness (QED) is 0.437. The van der Waals surface area contributed by atoms with Gasteiger partial charge in [-0.3, -0.25) is 9.36 Å². The smallest absolute Gasteiger partial charge is 0.257 e. The number of amides is 1. The minimum absolute atomic E-state index is 0.168. The van der Waals surface area contributed by atoms with E-state index in [1.165, 1.54) is 0 Å². The molecule has 3 aromatic heterocycles. The van der Waals surface area contributed by atoms with Crippen LogP contribution in [-0.2, 0) is 6.54 Å². The van der Waals surface area contributed by atoms with Crippen molar-refractivity contribution in [1.82, 2.24) is 19.9 Å². The fraction of sp³-hybridized carbons (Fsp3) is 0.0870. The Labute approximate surface area is 186 Å². The van der Waals surface area contributed by atoms with Crippen LogP contribution in [0, 0.1) is 0 Å². The molecule has 1 aliphatic rings. The summed E-state index contributed by atoms with van der Waals surface area (Å²) in [6.45, 7) is 0.579. The summed E-state index contributed by atoms with van der Waals surface area (Å²) in [7, 11) is 0. The number of nitrogens with zero attached hydrogens (tertiary/aromatic N) is 3. The molecule has 0 unspecified atom stereocenters. The standard InChI is InChI=1S/C23H17N5O3S/c24-21-19(23(29)25-11-14-4-3-9-32-14)20-22(27-16-6-2-1-5-15(16)26-20)28(21)13-7-8-17-18(10-13)31-12-30-17/h1-10H,11-12,24H2,(H,25,29). The first kappa shape index (κ1) is 18.6. The average molecular weight is 443 g/mol. The predicted octanol–water partition coefficient (Wildman–Crippen LogP) is 3.88. The Morgan fingerprint density at radius 1 is 1.06 bits per heavy atom. The predicted molar refractivity (Wildman–Crippen MR) is 122 cm³/mol. The van der Waals surface area contributed by atoms with Gasteiger partial charge >= 0.3 is 0 Å². The molecule has 9 heteroatoms. The Bertz CT molecular complexity index is 1490. The summed E-state index contributed by atoms with van der Waals surface area (Å²) in [6, 6.07) is 16.9. The number of para-hydroxylation sites is 2. The maximum absolute atomic E-state index is 13.2. The first-order valence-corrected chi connectivity index (χ1v) is 10.8. The fourth-order valence-electron chi connectivity index (χ4n) is 3.84. The van der Waals surface area contributed by atoms with Gasteiger partial charge in [-0.2, -0.15) is 0 Å². The molecule has 2 aromatic carbocycles. The number of rotatable bonds is 4. The number of carbonyl (C=O) groups excluding carboxylic acids is 1. The highest BCUT2D eigenvalue weighted by Gasteiger charge is 2.26. The van der Waals surface area contributed by atoms with Gasteiger partial charge in [-0.05, 0) is 35.7 Å². The van der Waals surface area contributed by atoms with Gasteiger partial charge in [-0.25, -0.2) is 9.97 Å². The highest BCUT2D eigenvalue weighted by Crippen LogP contribution is 2.37. The summed E-state index contributed by atoms with van der Waals surface area (Å²) < 4.78 is 12.7. The number of fused-ring (bicyclic) bond motifs is 3. The Morgan fingerprint density at radius 3 is 2.69 bits per heavy atom. The summed E-state index contributed by atoms with van der Waals surface area (Å²) >= 11 is 1.58. The number of hydrogen-bond acceptors (Lipinski definition) is 7. The highest BCUT2D eigenvalue weighted by atomic mass is 32.1. The van der Waals surface area contributed by atoms with E-state index in [1.54, 1.807) is 15.9 Å². The van der Waals surface area contributed by atoms with Crippen LogP contribution >= 0.6 is 11.3 Å². The lowest BCUT2D eigenvalue weighted by atomic mass is 10.2. The van der Waals surface area contributed by atoms with Gasteiger partial charge < -0.3 is 20.5 Å². The van der Waals surface area contributed by atoms with Crippen LogP contribution in [0.4, 0.5) is 5.82 Å². The number of thiophene rings is 1. The summed E-state index contributed by atoms with van der Waals surface area (Å²) in [5, 5.41) is 4.93. The molecular weight excluding hydrogens is 426 g/mol. The van der Waals surface area contributed by atoms with Gasteiger partial charge in [0.05, 0.1) is 23.3 Å². The van der Waals surface area contributed by atoms with Gasteiger partial charge in [0.25, 0.3) is 5.91 Å². The number of aromatic nitrogens is 3. The van der Waals surface area contributed by atoms with Crippen LogP contribution in [-0.4, -0.2) is 27.2 Å². The molecule has 0 aliphatic carbocycles. The van der Waals surface area contributed by atoms with E-state index >= 15 is 0 Å². The molecule has 0 radical (unpaired) electrons. The molecule has 8 nitrogen and oxygen atoms in total. The number of nitrogen functional groups attached to an aromatic ring is 1. The lowest BCUT2D eigenvalue weighted by Gasteiger charge is -2.09. The van der Waals surface area contributed by atoms with E-state index in [2.05, 4.69) is 5.32 Å². The van der Waals surface area contributed by atoms with E-state index in [0.717, 1.165) is 4.88 Å². The third-order valence-electron chi connectivity index (χ3n) is 5.34. The lowest BCUT2D eigenvalue weighted by Crippen LogP contribution is -2.23. The van der Waals surface area contributed by atoms with Crippen molar-refractivity contribution in [2.24, 2.45) is 0 Å². The average Bonchev–Trinajstić information content (AvgIpc) is 3.54. The van der Waals surface area contributed by atoms with Gasteiger partial charge in [-0.15, -0.1) is 11.3 Å².